The molecule has 1 aliphatic heterocycles. The molecule has 2 aliphatic rings. The molecule has 1 spiro atoms. The molecule has 2 aromatic rings. The van der Waals surface area contributed by atoms with Crippen LogP contribution in [0.25, 0.3) is 0 Å². The van der Waals surface area contributed by atoms with Crippen LogP contribution in [0.3, 0.4) is 0 Å². The molecule has 1 heterocycles. The van der Waals surface area contributed by atoms with Crippen molar-refractivity contribution >= 4 is 6.09 Å². The number of benzene rings is 2. The number of nitrogens with two attached hydrogens (primary N) is 1. The summed E-state index contributed by atoms with van der Waals surface area (Å²) in [5.74, 6) is 0.805. The summed E-state index contributed by atoms with van der Waals surface area (Å²) in [5, 5.41) is 0. The lowest BCUT2D eigenvalue weighted by molar-refractivity contribution is -0.0626. The number of hydrogen-bond acceptors (Lipinski definition) is 5. The highest BCUT2D eigenvalue weighted by Crippen LogP contribution is 2.46. The third kappa shape index (κ3) is 5.02. The van der Waals surface area contributed by atoms with Crippen LogP contribution in [0, 0.1) is 5.41 Å². The summed E-state index contributed by atoms with van der Waals surface area (Å²) in [6, 6.07) is 18.0. The van der Waals surface area contributed by atoms with E-state index in [0.29, 0.717) is 32.8 Å². The highest BCUT2D eigenvalue weighted by atomic mass is 16.6. The van der Waals surface area contributed by atoms with Gasteiger partial charge in [0.05, 0.1) is 26.9 Å². The highest BCUT2D eigenvalue weighted by molar-refractivity contribution is 5.70. The van der Waals surface area contributed by atoms with Gasteiger partial charge in [0.25, 0.3) is 0 Å². The smallest absolute Gasteiger partial charge is 0.410 e. The van der Waals surface area contributed by atoms with Crippen LogP contribution in [-0.4, -0.2) is 43.4 Å². The maximum absolute atomic E-state index is 12.7. The zero-order valence-corrected chi connectivity index (χ0v) is 18.2. The Labute approximate surface area is 184 Å². The predicted octanol–water partition coefficient (Wildman–Crippen LogP) is 4.12. The SMILES string of the molecule is COc1ccc(CN2CC3(CCC[C@@](CN)(COCc4ccccc4)C3)OC2=O)cc1. The summed E-state index contributed by atoms with van der Waals surface area (Å²) in [6.45, 7) is 2.80. The lowest BCUT2D eigenvalue weighted by atomic mass is 9.67. The second kappa shape index (κ2) is 9.28. The van der Waals surface area contributed by atoms with Crippen molar-refractivity contribution in [3.05, 3.63) is 65.7 Å². The molecule has 0 aromatic heterocycles. The number of ether oxygens (including phenoxy) is 3. The molecule has 31 heavy (non-hydrogen) atoms. The van der Waals surface area contributed by atoms with Crippen molar-refractivity contribution in [2.75, 3.05) is 26.8 Å². The van der Waals surface area contributed by atoms with Gasteiger partial charge in [0.1, 0.15) is 11.4 Å². The van der Waals surface area contributed by atoms with E-state index in [4.69, 9.17) is 19.9 Å². The van der Waals surface area contributed by atoms with Crippen LogP contribution in [0.5, 0.6) is 5.75 Å². The van der Waals surface area contributed by atoms with Crippen molar-refractivity contribution in [1.82, 2.24) is 4.90 Å². The van der Waals surface area contributed by atoms with Gasteiger partial charge >= 0.3 is 6.09 Å². The summed E-state index contributed by atoms with van der Waals surface area (Å²) in [5.41, 5.74) is 7.81. The molecule has 0 bridgehead atoms. The minimum atomic E-state index is -0.475. The van der Waals surface area contributed by atoms with Crippen molar-refractivity contribution < 1.29 is 19.0 Å². The minimum Gasteiger partial charge on any atom is -0.497 e. The van der Waals surface area contributed by atoms with E-state index in [0.717, 1.165) is 42.6 Å². The fourth-order valence-corrected chi connectivity index (χ4v) is 4.95. The first kappa shape index (κ1) is 21.7. The largest absolute Gasteiger partial charge is 0.497 e. The molecular weight excluding hydrogens is 392 g/mol. The van der Waals surface area contributed by atoms with Crippen LogP contribution >= 0.6 is 0 Å². The lowest BCUT2D eigenvalue weighted by Gasteiger charge is -2.44. The Kier molecular flexibility index (Phi) is 6.49. The van der Waals surface area contributed by atoms with E-state index in [-0.39, 0.29) is 11.5 Å². The number of methoxy groups -OCH3 is 1. The fraction of sp³-hybridized carbons (Fsp3) is 0.480. The Morgan fingerprint density at radius 2 is 1.84 bits per heavy atom. The molecule has 166 valence electrons. The van der Waals surface area contributed by atoms with Gasteiger partial charge in [-0.3, -0.25) is 4.90 Å². The molecule has 4 rings (SSSR count). The van der Waals surface area contributed by atoms with E-state index < -0.39 is 5.60 Å². The van der Waals surface area contributed by atoms with E-state index in [1.54, 1.807) is 12.0 Å². The van der Waals surface area contributed by atoms with Crippen LogP contribution in [-0.2, 0) is 22.6 Å². The van der Waals surface area contributed by atoms with Crippen LogP contribution in [0.15, 0.2) is 54.6 Å². The van der Waals surface area contributed by atoms with Gasteiger partial charge in [-0.05, 0) is 48.9 Å². The average Bonchev–Trinajstić information content (AvgIpc) is 3.08. The number of amides is 1. The number of rotatable bonds is 8. The Morgan fingerprint density at radius 3 is 2.55 bits per heavy atom. The van der Waals surface area contributed by atoms with Gasteiger partial charge in [0.2, 0.25) is 0 Å². The first-order valence-corrected chi connectivity index (χ1v) is 11.0. The number of nitrogens with zero attached hydrogens (tertiary/aromatic N) is 1. The molecular formula is C25H32N2O4. The Balaban J connectivity index is 1.39. The Morgan fingerprint density at radius 1 is 1.06 bits per heavy atom. The van der Waals surface area contributed by atoms with Gasteiger partial charge in [-0.1, -0.05) is 42.5 Å². The van der Waals surface area contributed by atoms with Crippen LogP contribution < -0.4 is 10.5 Å². The fourth-order valence-electron chi connectivity index (χ4n) is 4.95. The van der Waals surface area contributed by atoms with E-state index in [9.17, 15) is 4.79 Å². The molecule has 1 saturated heterocycles. The molecule has 2 atom stereocenters. The number of carbonyl (C=O) groups is 1. The normalized spacial score (nSPS) is 25.6. The van der Waals surface area contributed by atoms with E-state index in [1.165, 1.54) is 0 Å². The van der Waals surface area contributed by atoms with E-state index in [1.807, 2.05) is 42.5 Å². The summed E-state index contributed by atoms with van der Waals surface area (Å²) in [6.07, 6.45) is 3.36. The van der Waals surface area contributed by atoms with Crippen molar-refractivity contribution in [1.29, 1.82) is 0 Å². The van der Waals surface area contributed by atoms with Gasteiger partial charge in [0, 0.05) is 18.5 Å². The average molecular weight is 425 g/mol. The zero-order valence-electron chi connectivity index (χ0n) is 18.2. The summed E-state index contributed by atoms with van der Waals surface area (Å²) in [7, 11) is 1.65. The molecule has 1 amide bonds. The maximum atomic E-state index is 12.7. The van der Waals surface area contributed by atoms with E-state index in [2.05, 4.69) is 12.1 Å². The van der Waals surface area contributed by atoms with Crippen LogP contribution in [0.4, 0.5) is 4.79 Å². The first-order chi connectivity index (χ1) is 15.1. The molecule has 1 saturated carbocycles. The van der Waals surface area contributed by atoms with Gasteiger partial charge in [-0.25, -0.2) is 4.79 Å². The summed E-state index contributed by atoms with van der Waals surface area (Å²) >= 11 is 0. The molecule has 2 N–H and O–H groups in total. The van der Waals surface area contributed by atoms with Crippen molar-refractivity contribution in [2.45, 2.75) is 44.4 Å². The topological polar surface area (TPSA) is 74.0 Å². The first-order valence-electron chi connectivity index (χ1n) is 11.0. The second-order valence-electron chi connectivity index (χ2n) is 8.97. The molecule has 2 aromatic carbocycles. The number of carbonyl (C=O) groups excluding carboxylic acids is 1. The third-order valence-electron chi connectivity index (χ3n) is 6.56. The molecule has 1 unspecified atom stereocenters. The highest BCUT2D eigenvalue weighted by Gasteiger charge is 2.52. The maximum Gasteiger partial charge on any atom is 0.410 e. The van der Waals surface area contributed by atoms with Crippen molar-refractivity contribution in [3.63, 3.8) is 0 Å². The van der Waals surface area contributed by atoms with Crippen molar-refractivity contribution in [3.8, 4) is 5.75 Å². The Bertz CT molecular complexity index is 873. The second-order valence-corrected chi connectivity index (χ2v) is 8.97. The monoisotopic (exact) mass is 424 g/mol. The molecule has 6 nitrogen and oxygen atoms in total. The zero-order chi connectivity index (χ0) is 21.7. The number of hydrogen-bond donors (Lipinski definition) is 1. The third-order valence-corrected chi connectivity index (χ3v) is 6.56. The predicted molar refractivity (Wildman–Crippen MR) is 119 cm³/mol. The lowest BCUT2D eigenvalue weighted by Crippen LogP contribution is -2.49. The summed E-state index contributed by atoms with van der Waals surface area (Å²) in [4.78, 5) is 14.5. The van der Waals surface area contributed by atoms with Crippen LogP contribution in [0.1, 0.15) is 36.8 Å². The van der Waals surface area contributed by atoms with Gasteiger partial charge in [0.15, 0.2) is 0 Å². The Hall–Kier alpha value is -2.57. The quantitative estimate of drug-likeness (QED) is 0.690. The minimum absolute atomic E-state index is 0.163. The molecule has 6 heteroatoms. The standard InChI is InChI=1S/C25H32N2O4/c1-29-22-10-8-20(9-11-22)14-27-18-25(31-23(27)28)13-5-12-24(16-25,17-26)19-30-15-21-6-3-2-4-7-21/h2-4,6-11H,5,12-19,26H2,1H3/t24-,25?/m1/s1. The van der Waals surface area contributed by atoms with Crippen molar-refractivity contribution in [2.24, 2.45) is 11.1 Å². The molecule has 0 radical (unpaired) electrons. The van der Waals surface area contributed by atoms with Crippen LogP contribution in [0.2, 0.25) is 0 Å². The van der Waals surface area contributed by atoms with Gasteiger partial charge in [-0.15, -0.1) is 0 Å². The summed E-state index contributed by atoms with van der Waals surface area (Å²) < 4.78 is 17.3. The van der Waals surface area contributed by atoms with E-state index >= 15 is 0 Å². The molecule has 2 fully saturated rings. The molecule has 1 aliphatic carbocycles. The van der Waals surface area contributed by atoms with Gasteiger partial charge < -0.3 is 19.9 Å². The van der Waals surface area contributed by atoms with Gasteiger partial charge in [-0.2, -0.15) is 0 Å².